The van der Waals surface area contributed by atoms with Crippen molar-refractivity contribution in [1.82, 2.24) is 0 Å². The molecule has 1 aliphatic carbocycles. The zero-order valence-electron chi connectivity index (χ0n) is 15.5. The lowest BCUT2D eigenvalue weighted by Crippen LogP contribution is -2.30. The van der Waals surface area contributed by atoms with Gasteiger partial charge >= 0.3 is 0 Å². The van der Waals surface area contributed by atoms with Gasteiger partial charge in [0.05, 0.1) is 5.92 Å². The molecular weight excluding hydrogens is 343 g/mol. The summed E-state index contributed by atoms with van der Waals surface area (Å²) < 4.78 is 13.2. The zero-order chi connectivity index (χ0) is 19.4. The van der Waals surface area contributed by atoms with Crippen LogP contribution in [0.1, 0.15) is 55.6 Å². The topological polar surface area (TPSA) is 72.2 Å². The van der Waals surface area contributed by atoms with Crippen molar-refractivity contribution in [2.45, 2.75) is 44.4 Å². The lowest BCUT2D eigenvalue weighted by molar-refractivity contribution is -0.121. The van der Waals surface area contributed by atoms with Crippen molar-refractivity contribution < 1.29 is 14.0 Å². The molecule has 0 aliphatic heterocycles. The second-order valence-corrected chi connectivity index (χ2v) is 7.35. The third-order valence-electron chi connectivity index (χ3n) is 5.48. The molecule has 0 heterocycles. The molecule has 0 radical (unpaired) electrons. The Balaban J connectivity index is 1.65. The number of amides is 2. The molecule has 0 spiro atoms. The number of hydrogen-bond acceptors (Lipinski definition) is 2. The van der Waals surface area contributed by atoms with Crippen molar-refractivity contribution in [3.63, 3.8) is 0 Å². The molecule has 1 aliphatic rings. The van der Waals surface area contributed by atoms with Crippen LogP contribution in [0.2, 0.25) is 0 Å². The third-order valence-corrected chi connectivity index (χ3v) is 5.48. The Bertz CT molecular complexity index is 794. The average Bonchev–Trinajstić information content (AvgIpc) is 2.64. The van der Waals surface area contributed by atoms with Crippen LogP contribution >= 0.6 is 0 Å². The smallest absolute Gasteiger partial charge is 0.225 e. The predicted molar refractivity (Wildman–Crippen MR) is 104 cm³/mol. The Morgan fingerprint density at radius 3 is 2.11 bits per heavy atom. The second kappa shape index (κ2) is 8.33. The molecule has 0 bridgehead atoms. The molecule has 2 amide bonds. The van der Waals surface area contributed by atoms with E-state index in [0.29, 0.717) is 5.92 Å². The fourth-order valence-corrected chi connectivity index (χ4v) is 4.17. The molecule has 3 N–H and O–H groups in total. The van der Waals surface area contributed by atoms with Gasteiger partial charge in [0.15, 0.2) is 0 Å². The van der Waals surface area contributed by atoms with Gasteiger partial charge < -0.3 is 11.1 Å². The van der Waals surface area contributed by atoms with Gasteiger partial charge in [-0.1, -0.05) is 24.3 Å². The van der Waals surface area contributed by atoms with E-state index >= 15 is 0 Å². The van der Waals surface area contributed by atoms with Gasteiger partial charge in [-0.05, 0) is 72.9 Å². The van der Waals surface area contributed by atoms with Gasteiger partial charge in [0, 0.05) is 12.6 Å². The Morgan fingerprint density at radius 2 is 1.59 bits per heavy atom. The number of primary amides is 1. The summed E-state index contributed by atoms with van der Waals surface area (Å²) in [5, 5.41) is 2.77. The van der Waals surface area contributed by atoms with E-state index in [1.165, 1.54) is 24.6 Å². The van der Waals surface area contributed by atoms with Gasteiger partial charge in [-0.2, -0.15) is 0 Å². The van der Waals surface area contributed by atoms with E-state index in [1.54, 1.807) is 12.1 Å². The number of carbonyl (C=O) groups is 2. The fraction of sp³-hybridized carbons (Fsp3) is 0.364. The maximum atomic E-state index is 13.2. The minimum absolute atomic E-state index is 0.0819. The number of carbonyl (C=O) groups excluding carboxylic acids is 2. The highest BCUT2D eigenvalue weighted by molar-refractivity contribution is 5.88. The van der Waals surface area contributed by atoms with E-state index < -0.39 is 0 Å². The maximum absolute atomic E-state index is 13.2. The molecule has 0 aromatic heterocycles. The van der Waals surface area contributed by atoms with Gasteiger partial charge in [0.25, 0.3) is 0 Å². The highest BCUT2D eigenvalue weighted by Crippen LogP contribution is 2.42. The first-order valence-corrected chi connectivity index (χ1v) is 9.36. The minimum Gasteiger partial charge on any atom is -0.369 e. The van der Waals surface area contributed by atoms with Gasteiger partial charge in [0.1, 0.15) is 5.82 Å². The Kier molecular flexibility index (Phi) is 5.89. The van der Waals surface area contributed by atoms with Gasteiger partial charge in [-0.25, -0.2) is 4.39 Å². The first-order chi connectivity index (χ1) is 12.9. The molecule has 1 atom stereocenters. The van der Waals surface area contributed by atoms with Crippen molar-refractivity contribution in [1.29, 1.82) is 0 Å². The number of nitrogens with two attached hydrogens (primary N) is 1. The molecule has 1 fully saturated rings. The van der Waals surface area contributed by atoms with Crippen LogP contribution < -0.4 is 11.1 Å². The lowest BCUT2D eigenvalue weighted by Gasteiger charge is -2.33. The van der Waals surface area contributed by atoms with Crippen molar-refractivity contribution in [2.24, 2.45) is 11.7 Å². The summed E-state index contributed by atoms with van der Waals surface area (Å²) >= 11 is 0. The van der Waals surface area contributed by atoms with Crippen molar-refractivity contribution >= 4 is 17.5 Å². The summed E-state index contributed by atoms with van der Waals surface area (Å²) in [6.45, 7) is 1.49. The average molecular weight is 368 g/mol. The maximum Gasteiger partial charge on any atom is 0.225 e. The lowest BCUT2D eigenvalue weighted by atomic mass is 9.71. The molecule has 27 heavy (non-hydrogen) atoms. The number of nitrogens with one attached hydrogen (secondary N) is 1. The molecule has 142 valence electrons. The van der Waals surface area contributed by atoms with Gasteiger partial charge in [-0.3, -0.25) is 9.59 Å². The fourth-order valence-electron chi connectivity index (χ4n) is 4.17. The van der Waals surface area contributed by atoms with E-state index in [1.807, 2.05) is 12.1 Å². The van der Waals surface area contributed by atoms with Crippen LogP contribution in [0, 0.1) is 11.7 Å². The largest absolute Gasteiger partial charge is 0.369 e. The van der Waals surface area contributed by atoms with E-state index in [0.717, 1.165) is 36.9 Å². The highest BCUT2D eigenvalue weighted by Gasteiger charge is 2.32. The van der Waals surface area contributed by atoms with Crippen LogP contribution in [0.25, 0.3) is 0 Å². The van der Waals surface area contributed by atoms with Crippen LogP contribution in [0.5, 0.6) is 0 Å². The Morgan fingerprint density at radius 1 is 1.00 bits per heavy atom. The summed E-state index contributed by atoms with van der Waals surface area (Å²) in [4.78, 5) is 23.2. The predicted octanol–water partition coefficient (Wildman–Crippen LogP) is 4.33. The quantitative estimate of drug-likeness (QED) is 0.825. The zero-order valence-corrected chi connectivity index (χ0v) is 15.5. The van der Waals surface area contributed by atoms with Crippen molar-refractivity contribution in [2.75, 3.05) is 5.32 Å². The summed E-state index contributed by atoms with van der Waals surface area (Å²) in [5.74, 6) is -0.481. The van der Waals surface area contributed by atoms with Crippen molar-refractivity contribution in [3.8, 4) is 0 Å². The SMILES string of the molecule is CC(=O)Nc1ccc(C2CCC(C(C(N)=O)c3ccc(F)cc3)CC2)cc1. The summed E-state index contributed by atoms with van der Waals surface area (Å²) in [5.41, 5.74) is 8.52. The first-order valence-electron chi connectivity index (χ1n) is 9.36. The summed E-state index contributed by atoms with van der Waals surface area (Å²) in [6, 6.07) is 14.1. The number of rotatable bonds is 5. The van der Waals surface area contributed by atoms with Gasteiger partial charge in [-0.15, -0.1) is 0 Å². The van der Waals surface area contributed by atoms with Crippen LogP contribution in [-0.4, -0.2) is 11.8 Å². The van der Waals surface area contributed by atoms with Crippen LogP contribution in [0.4, 0.5) is 10.1 Å². The highest BCUT2D eigenvalue weighted by atomic mass is 19.1. The number of halogens is 1. The normalized spacial score (nSPS) is 20.7. The van der Waals surface area contributed by atoms with Crippen LogP contribution in [0.3, 0.4) is 0 Å². The standard InChI is InChI=1S/C22H25FN2O2/c1-14(26)25-20-12-8-16(9-13-20)15-2-4-17(5-3-15)21(22(24)27)18-6-10-19(23)11-7-18/h6-13,15,17,21H,2-5H2,1H3,(H2,24,27)(H,25,26). The number of anilines is 1. The molecule has 0 saturated heterocycles. The van der Waals surface area contributed by atoms with Crippen LogP contribution in [0.15, 0.2) is 48.5 Å². The van der Waals surface area contributed by atoms with E-state index in [2.05, 4.69) is 17.4 Å². The molecule has 3 rings (SSSR count). The van der Waals surface area contributed by atoms with E-state index in [-0.39, 0.29) is 29.5 Å². The van der Waals surface area contributed by atoms with Crippen LogP contribution in [-0.2, 0) is 9.59 Å². The molecule has 2 aromatic carbocycles. The Labute approximate surface area is 159 Å². The van der Waals surface area contributed by atoms with Gasteiger partial charge in [0.2, 0.25) is 11.8 Å². The molecule has 1 saturated carbocycles. The monoisotopic (exact) mass is 368 g/mol. The number of hydrogen-bond donors (Lipinski definition) is 2. The molecule has 1 unspecified atom stereocenters. The second-order valence-electron chi connectivity index (χ2n) is 7.35. The van der Waals surface area contributed by atoms with Crippen molar-refractivity contribution in [3.05, 3.63) is 65.5 Å². The first kappa shape index (κ1) is 19.1. The molecule has 2 aromatic rings. The van der Waals surface area contributed by atoms with E-state index in [9.17, 15) is 14.0 Å². The molecule has 4 nitrogen and oxygen atoms in total. The summed E-state index contributed by atoms with van der Waals surface area (Å²) in [6.07, 6.45) is 3.77. The molecule has 5 heteroatoms. The Hall–Kier alpha value is -2.69. The number of benzene rings is 2. The van der Waals surface area contributed by atoms with E-state index in [4.69, 9.17) is 5.73 Å². The third kappa shape index (κ3) is 4.73. The minimum atomic E-state index is -0.367. The summed E-state index contributed by atoms with van der Waals surface area (Å²) in [7, 11) is 0. The molecular formula is C22H25FN2O2.